The van der Waals surface area contributed by atoms with Crippen molar-refractivity contribution in [2.75, 3.05) is 10.6 Å². The fourth-order valence-electron chi connectivity index (χ4n) is 2.62. The van der Waals surface area contributed by atoms with Crippen molar-refractivity contribution >= 4 is 34.5 Å². The van der Waals surface area contributed by atoms with Gasteiger partial charge in [0.2, 0.25) is 0 Å². The largest absolute Gasteiger partial charge is 0.345 e. The lowest BCUT2D eigenvalue weighted by atomic mass is 10.1. The van der Waals surface area contributed by atoms with Crippen molar-refractivity contribution in [1.82, 2.24) is 9.97 Å². The molecule has 11 heteroatoms. The molecule has 0 aliphatic rings. The van der Waals surface area contributed by atoms with E-state index in [0.29, 0.717) is 16.0 Å². The Labute approximate surface area is 179 Å². The van der Waals surface area contributed by atoms with Gasteiger partial charge in [0.05, 0.1) is 35.3 Å². The smallest absolute Gasteiger partial charge is 0.321 e. The summed E-state index contributed by atoms with van der Waals surface area (Å²) < 4.78 is 43.0. The van der Waals surface area contributed by atoms with Crippen molar-refractivity contribution in [3.05, 3.63) is 69.2 Å². The van der Waals surface area contributed by atoms with Crippen LogP contribution < -0.4 is 10.6 Å². The quantitative estimate of drug-likeness (QED) is 0.551. The molecule has 0 unspecified atom stereocenters. The Balaban J connectivity index is 1.77. The van der Waals surface area contributed by atoms with Gasteiger partial charge in [-0.15, -0.1) is 11.3 Å². The van der Waals surface area contributed by atoms with E-state index in [-0.39, 0.29) is 16.9 Å². The second-order valence-electron chi connectivity index (χ2n) is 6.45. The minimum Gasteiger partial charge on any atom is -0.321 e. The lowest BCUT2D eigenvalue weighted by Gasteiger charge is -2.12. The van der Waals surface area contributed by atoms with Gasteiger partial charge in [-0.3, -0.25) is 14.6 Å². The molecule has 2 aromatic heterocycles. The summed E-state index contributed by atoms with van der Waals surface area (Å²) >= 11 is 1.20. The number of rotatable bonds is 7. The predicted octanol–water partition coefficient (Wildman–Crippen LogP) is 4.54. The molecule has 2 amide bonds. The highest BCUT2D eigenvalue weighted by Gasteiger charge is 2.18. The summed E-state index contributed by atoms with van der Waals surface area (Å²) in [5, 5.41) is 5.82. The van der Waals surface area contributed by atoms with Crippen LogP contribution in [0.25, 0.3) is 0 Å². The summed E-state index contributed by atoms with van der Waals surface area (Å²) in [6, 6.07) is 3.74. The fourth-order valence-corrected chi connectivity index (χ4v) is 3.30. The van der Waals surface area contributed by atoms with E-state index in [1.807, 2.05) is 0 Å². The number of aryl methyl sites for hydroxylation is 2. The summed E-state index contributed by atoms with van der Waals surface area (Å²) in [7, 11) is 0. The fraction of sp³-hybridized carbons (Fsp3) is 0.200. The summed E-state index contributed by atoms with van der Waals surface area (Å²) in [5.74, 6) is -2.01. The van der Waals surface area contributed by atoms with Gasteiger partial charge in [0.25, 0.3) is 11.8 Å². The standard InChI is InChI=1S/C20H17F3N4O3S/c1-10-3-15(21)14(5-16(10)27-19(29)17-8-25-11(2)31-17)18(28)26-13-4-12(6-24-7-13)9-30-20(22)23/h3-8,20H,9H2,1-2H3,(H,26,28)(H,27,29). The van der Waals surface area contributed by atoms with Crippen LogP contribution in [-0.4, -0.2) is 28.4 Å². The zero-order chi connectivity index (χ0) is 22.5. The molecule has 0 radical (unpaired) electrons. The lowest BCUT2D eigenvalue weighted by Crippen LogP contribution is -2.17. The van der Waals surface area contributed by atoms with Gasteiger partial charge in [-0.2, -0.15) is 8.78 Å². The van der Waals surface area contributed by atoms with Crippen molar-refractivity contribution in [1.29, 1.82) is 0 Å². The Morgan fingerprint density at radius 1 is 1.10 bits per heavy atom. The van der Waals surface area contributed by atoms with Crippen LogP contribution in [0.1, 0.15) is 36.2 Å². The molecule has 3 rings (SSSR count). The van der Waals surface area contributed by atoms with Crippen LogP contribution in [0.5, 0.6) is 0 Å². The predicted molar refractivity (Wildman–Crippen MR) is 109 cm³/mol. The monoisotopic (exact) mass is 450 g/mol. The first-order valence-corrected chi connectivity index (χ1v) is 9.73. The zero-order valence-corrected chi connectivity index (χ0v) is 17.2. The van der Waals surface area contributed by atoms with Gasteiger partial charge in [0.1, 0.15) is 10.7 Å². The number of anilines is 2. The third-order valence-electron chi connectivity index (χ3n) is 4.08. The Morgan fingerprint density at radius 2 is 1.87 bits per heavy atom. The molecule has 162 valence electrons. The summed E-state index contributed by atoms with van der Waals surface area (Å²) in [6.45, 7) is 0.00790. The molecule has 0 aliphatic heterocycles. The van der Waals surface area contributed by atoms with Gasteiger partial charge in [-0.05, 0) is 43.2 Å². The molecular formula is C20H17F3N4O3S. The summed E-state index contributed by atoms with van der Waals surface area (Å²) in [4.78, 5) is 33.2. The highest BCUT2D eigenvalue weighted by molar-refractivity contribution is 7.13. The minimum atomic E-state index is -2.94. The number of pyridine rings is 1. The maximum Gasteiger partial charge on any atom is 0.345 e. The van der Waals surface area contributed by atoms with Crippen LogP contribution in [0.2, 0.25) is 0 Å². The lowest BCUT2D eigenvalue weighted by molar-refractivity contribution is -0.137. The molecule has 0 fully saturated rings. The first-order valence-electron chi connectivity index (χ1n) is 8.92. The molecule has 2 heterocycles. The second-order valence-corrected chi connectivity index (χ2v) is 7.69. The molecule has 0 atom stereocenters. The van der Waals surface area contributed by atoms with E-state index in [1.54, 1.807) is 13.8 Å². The number of benzene rings is 1. The SMILES string of the molecule is Cc1ncc(C(=O)Nc2cc(C(=O)Nc3cncc(COC(F)F)c3)c(F)cc2C)s1. The molecule has 0 saturated heterocycles. The Morgan fingerprint density at radius 3 is 2.55 bits per heavy atom. The Bertz CT molecular complexity index is 1120. The molecule has 0 spiro atoms. The molecule has 0 saturated carbocycles. The molecular weight excluding hydrogens is 433 g/mol. The van der Waals surface area contributed by atoms with Crippen LogP contribution in [-0.2, 0) is 11.3 Å². The van der Waals surface area contributed by atoms with Crippen LogP contribution in [0.15, 0.2) is 36.8 Å². The van der Waals surface area contributed by atoms with Crippen molar-refractivity contribution in [2.45, 2.75) is 27.1 Å². The molecule has 7 nitrogen and oxygen atoms in total. The first-order chi connectivity index (χ1) is 14.7. The third-order valence-corrected chi connectivity index (χ3v) is 4.99. The maximum absolute atomic E-state index is 14.4. The molecule has 1 aromatic carbocycles. The third kappa shape index (κ3) is 5.86. The number of alkyl halides is 2. The number of amides is 2. The number of halogens is 3. The van der Waals surface area contributed by atoms with Crippen molar-refractivity contribution in [3.8, 4) is 0 Å². The number of ether oxygens (including phenoxy) is 1. The minimum absolute atomic E-state index is 0.172. The van der Waals surface area contributed by atoms with Crippen molar-refractivity contribution in [2.24, 2.45) is 0 Å². The molecule has 3 aromatic rings. The van der Waals surface area contributed by atoms with E-state index in [1.165, 1.54) is 42.1 Å². The molecule has 0 aliphatic carbocycles. The molecule has 31 heavy (non-hydrogen) atoms. The zero-order valence-electron chi connectivity index (χ0n) is 16.4. The average molecular weight is 450 g/mol. The number of carbonyl (C=O) groups is 2. The average Bonchev–Trinajstić information content (AvgIpc) is 3.15. The number of thiazole rings is 1. The summed E-state index contributed by atoms with van der Waals surface area (Å²) in [5.41, 5.74) is 0.855. The van der Waals surface area contributed by atoms with Crippen LogP contribution in [0, 0.1) is 19.7 Å². The van der Waals surface area contributed by atoms with E-state index in [9.17, 15) is 22.8 Å². The maximum atomic E-state index is 14.4. The van der Waals surface area contributed by atoms with Crippen LogP contribution in [0.4, 0.5) is 24.5 Å². The number of nitrogens with one attached hydrogen (secondary N) is 2. The van der Waals surface area contributed by atoms with Gasteiger partial charge in [0.15, 0.2) is 0 Å². The van der Waals surface area contributed by atoms with E-state index in [2.05, 4.69) is 25.3 Å². The topological polar surface area (TPSA) is 93.2 Å². The van der Waals surface area contributed by atoms with Crippen LogP contribution >= 0.6 is 11.3 Å². The Hall–Kier alpha value is -3.31. The second kappa shape index (κ2) is 9.67. The Kier molecular flexibility index (Phi) is 6.98. The summed E-state index contributed by atoms with van der Waals surface area (Å²) in [6.07, 6.45) is 4.02. The van der Waals surface area contributed by atoms with Gasteiger partial charge >= 0.3 is 6.61 Å². The van der Waals surface area contributed by atoms with E-state index >= 15 is 0 Å². The number of hydrogen-bond acceptors (Lipinski definition) is 6. The van der Waals surface area contributed by atoms with Gasteiger partial charge in [0, 0.05) is 11.9 Å². The van der Waals surface area contributed by atoms with E-state index < -0.39 is 30.8 Å². The van der Waals surface area contributed by atoms with Gasteiger partial charge in [-0.1, -0.05) is 0 Å². The number of nitrogens with zero attached hydrogens (tertiary/aromatic N) is 2. The van der Waals surface area contributed by atoms with Gasteiger partial charge in [-0.25, -0.2) is 9.37 Å². The number of hydrogen-bond donors (Lipinski definition) is 2. The van der Waals surface area contributed by atoms with E-state index in [4.69, 9.17) is 0 Å². The van der Waals surface area contributed by atoms with Crippen molar-refractivity contribution < 1.29 is 27.5 Å². The molecule has 0 bridgehead atoms. The number of carbonyl (C=O) groups excluding carboxylic acids is 2. The van der Waals surface area contributed by atoms with E-state index in [0.717, 1.165) is 11.1 Å². The molecule has 2 N–H and O–H groups in total. The van der Waals surface area contributed by atoms with Crippen molar-refractivity contribution in [3.63, 3.8) is 0 Å². The van der Waals surface area contributed by atoms with Crippen LogP contribution in [0.3, 0.4) is 0 Å². The highest BCUT2D eigenvalue weighted by Crippen LogP contribution is 2.23. The number of aromatic nitrogens is 2. The highest BCUT2D eigenvalue weighted by atomic mass is 32.1. The normalized spacial score (nSPS) is 10.9. The van der Waals surface area contributed by atoms with Gasteiger partial charge < -0.3 is 15.4 Å². The first kappa shape index (κ1) is 22.4.